The number of nitrogens with two attached hydrogens (primary N) is 1. The maximum atomic E-state index is 5.51. The largest absolute Gasteiger partial charge is 0.361 e. The zero-order chi connectivity index (χ0) is 12.3. The van der Waals surface area contributed by atoms with E-state index in [9.17, 15) is 0 Å². The maximum Gasteiger partial charge on any atom is 0.142 e. The smallest absolute Gasteiger partial charge is 0.142 e. The molecule has 2 aromatic rings. The Bertz CT molecular complexity index is 487. The van der Waals surface area contributed by atoms with Gasteiger partial charge in [-0.3, -0.25) is 0 Å². The number of hydrogen-bond acceptors (Lipinski definition) is 5. The molecule has 0 radical (unpaired) electrons. The molecule has 0 unspecified atom stereocenters. The summed E-state index contributed by atoms with van der Waals surface area (Å²) < 4.78 is 5.13. The minimum atomic E-state index is 0.374. The van der Waals surface area contributed by atoms with E-state index < -0.39 is 0 Å². The van der Waals surface area contributed by atoms with Crippen LogP contribution in [0.5, 0.6) is 0 Å². The molecule has 2 heterocycles. The van der Waals surface area contributed by atoms with Crippen molar-refractivity contribution in [3.8, 4) is 0 Å². The number of hydrogen-bond donors (Lipinski definition) is 1. The number of aryl methyl sites for hydroxylation is 3. The van der Waals surface area contributed by atoms with Crippen molar-refractivity contribution in [3.63, 3.8) is 0 Å². The quantitative estimate of drug-likeness (QED) is 0.860. The van der Waals surface area contributed by atoms with Crippen LogP contribution in [0, 0.1) is 13.8 Å². The summed E-state index contributed by atoms with van der Waals surface area (Å²) in [6.07, 6.45) is 3.47. The Balaban J connectivity index is 2.07. The normalized spacial score (nSPS) is 10.8. The molecule has 0 aliphatic heterocycles. The molecule has 17 heavy (non-hydrogen) atoms. The molecule has 0 aliphatic carbocycles. The van der Waals surface area contributed by atoms with Crippen molar-refractivity contribution in [1.29, 1.82) is 0 Å². The van der Waals surface area contributed by atoms with E-state index >= 15 is 0 Å². The van der Waals surface area contributed by atoms with Gasteiger partial charge in [-0.1, -0.05) is 5.16 Å². The fourth-order valence-corrected chi connectivity index (χ4v) is 1.79. The Morgan fingerprint density at radius 1 is 1.29 bits per heavy atom. The van der Waals surface area contributed by atoms with Gasteiger partial charge in [0, 0.05) is 17.5 Å². The van der Waals surface area contributed by atoms with Crippen molar-refractivity contribution >= 4 is 0 Å². The molecule has 2 aromatic heterocycles. The fourth-order valence-electron chi connectivity index (χ4n) is 1.79. The Kier molecular flexibility index (Phi) is 3.49. The Morgan fingerprint density at radius 2 is 2.12 bits per heavy atom. The lowest BCUT2D eigenvalue weighted by Gasteiger charge is -2.02. The van der Waals surface area contributed by atoms with Crippen LogP contribution in [0.4, 0.5) is 0 Å². The van der Waals surface area contributed by atoms with Crippen LogP contribution in [-0.4, -0.2) is 15.1 Å². The minimum Gasteiger partial charge on any atom is -0.361 e. The third-order valence-corrected chi connectivity index (χ3v) is 2.76. The van der Waals surface area contributed by atoms with Gasteiger partial charge in [-0.15, -0.1) is 0 Å². The lowest BCUT2D eigenvalue weighted by Crippen LogP contribution is -2.05. The van der Waals surface area contributed by atoms with Crippen LogP contribution >= 0.6 is 0 Å². The van der Waals surface area contributed by atoms with Crippen molar-refractivity contribution in [2.75, 3.05) is 0 Å². The molecule has 0 amide bonds. The molecule has 0 saturated heterocycles. The average Bonchev–Trinajstić information content (AvgIpc) is 2.67. The maximum absolute atomic E-state index is 5.51. The van der Waals surface area contributed by atoms with Gasteiger partial charge >= 0.3 is 0 Å². The van der Waals surface area contributed by atoms with Crippen LogP contribution < -0.4 is 5.73 Å². The first-order valence-electron chi connectivity index (χ1n) is 5.63. The van der Waals surface area contributed by atoms with Crippen LogP contribution in [0.1, 0.15) is 28.5 Å². The summed E-state index contributed by atoms with van der Waals surface area (Å²) in [5, 5.41) is 3.93. The monoisotopic (exact) mass is 232 g/mol. The van der Waals surface area contributed by atoms with Crippen LogP contribution in [-0.2, 0) is 19.4 Å². The zero-order valence-electron chi connectivity index (χ0n) is 10.1. The minimum absolute atomic E-state index is 0.374. The zero-order valence-corrected chi connectivity index (χ0v) is 10.1. The molecular weight excluding hydrogens is 216 g/mol. The van der Waals surface area contributed by atoms with Crippen molar-refractivity contribution in [3.05, 3.63) is 40.8 Å². The molecule has 0 atom stereocenters. The highest BCUT2D eigenvalue weighted by Crippen LogP contribution is 2.14. The van der Waals surface area contributed by atoms with Gasteiger partial charge in [-0.2, -0.15) is 0 Å². The van der Waals surface area contributed by atoms with Gasteiger partial charge < -0.3 is 10.3 Å². The number of nitrogens with zero attached hydrogens (tertiary/aromatic N) is 3. The van der Waals surface area contributed by atoms with E-state index in [-0.39, 0.29) is 0 Å². The second kappa shape index (κ2) is 5.05. The highest BCUT2D eigenvalue weighted by atomic mass is 16.5. The molecule has 5 nitrogen and oxygen atoms in total. The highest BCUT2D eigenvalue weighted by Gasteiger charge is 2.09. The third-order valence-electron chi connectivity index (χ3n) is 2.76. The Hall–Kier alpha value is -1.75. The molecule has 2 rings (SSSR count). The summed E-state index contributed by atoms with van der Waals surface area (Å²) in [7, 11) is 0. The van der Waals surface area contributed by atoms with E-state index in [0.717, 1.165) is 35.6 Å². The van der Waals surface area contributed by atoms with E-state index in [1.165, 1.54) is 0 Å². The molecule has 0 spiro atoms. The summed E-state index contributed by atoms with van der Waals surface area (Å²) in [5.41, 5.74) is 8.63. The van der Waals surface area contributed by atoms with Crippen LogP contribution in [0.15, 0.2) is 16.8 Å². The molecular formula is C12H16N4O. The summed E-state index contributed by atoms with van der Waals surface area (Å²) in [4.78, 5) is 8.43. The van der Waals surface area contributed by atoms with Gasteiger partial charge in [0.25, 0.3) is 0 Å². The highest BCUT2D eigenvalue weighted by molar-refractivity contribution is 5.22. The molecule has 0 bridgehead atoms. The van der Waals surface area contributed by atoms with Crippen molar-refractivity contribution in [1.82, 2.24) is 15.1 Å². The molecule has 90 valence electrons. The predicted octanol–water partition coefficient (Wildman–Crippen LogP) is 1.33. The molecule has 0 aliphatic rings. The lowest BCUT2D eigenvalue weighted by atomic mass is 10.1. The summed E-state index contributed by atoms with van der Waals surface area (Å²) in [6.45, 7) is 4.26. The van der Waals surface area contributed by atoms with Crippen LogP contribution in [0.2, 0.25) is 0 Å². The molecule has 0 fully saturated rings. The average molecular weight is 232 g/mol. The SMILES string of the molecule is Cc1noc(C)c1CCc1ccnc(CN)n1. The van der Waals surface area contributed by atoms with Gasteiger partial charge in [0.1, 0.15) is 11.6 Å². The number of aromatic nitrogens is 3. The standard InChI is InChI=1S/C12H16N4O/c1-8-11(9(2)17-16-8)4-3-10-5-6-14-12(7-13)15-10/h5-6H,3-4,7,13H2,1-2H3. The van der Waals surface area contributed by atoms with Gasteiger partial charge in [0.05, 0.1) is 12.2 Å². The van der Waals surface area contributed by atoms with Crippen molar-refractivity contribution in [2.24, 2.45) is 5.73 Å². The van der Waals surface area contributed by atoms with E-state index in [2.05, 4.69) is 15.1 Å². The summed E-state index contributed by atoms with van der Waals surface area (Å²) >= 11 is 0. The van der Waals surface area contributed by atoms with Gasteiger partial charge in [0.15, 0.2) is 0 Å². The van der Waals surface area contributed by atoms with Gasteiger partial charge in [-0.05, 0) is 32.8 Å². The Morgan fingerprint density at radius 3 is 2.76 bits per heavy atom. The van der Waals surface area contributed by atoms with Crippen molar-refractivity contribution < 1.29 is 4.52 Å². The first kappa shape index (κ1) is 11.7. The van der Waals surface area contributed by atoms with Crippen LogP contribution in [0.25, 0.3) is 0 Å². The topological polar surface area (TPSA) is 77.8 Å². The molecule has 0 aromatic carbocycles. The Labute approximate surface area is 100 Å². The van der Waals surface area contributed by atoms with Crippen molar-refractivity contribution in [2.45, 2.75) is 33.2 Å². The summed E-state index contributed by atoms with van der Waals surface area (Å²) in [5.74, 6) is 1.57. The second-order valence-corrected chi connectivity index (χ2v) is 3.97. The van der Waals surface area contributed by atoms with Crippen LogP contribution in [0.3, 0.4) is 0 Å². The summed E-state index contributed by atoms with van der Waals surface area (Å²) in [6, 6.07) is 1.91. The van der Waals surface area contributed by atoms with Gasteiger partial charge in [-0.25, -0.2) is 9.97 Å². The van der Waals surface area contributed by atoms with E-state index in [4.69, 9.17) is 10.3 Å². The first-order chi connectivity index (χ1) is 8.20. The molecule has 2 N–H and O–H groups in total. The number of rotatable bonds is 4. The van der Waals surface area contributed by atoms with E-state index in [1.54, 1.807) is 6.20 Å². The molecule has 0 saturated carbocycles. The van der Waals surface area contributed by atoms with E-state index in [1.807, 2.05) is 19.9 Å². The lowest BCUT2D eigenvalue weighted by molar-refractivity contribution is 0.392. The first-order valence-corrected chi connectivity index (χ1v) is 5.63. The predicted molar refractivity (Wildman–Crippen MR) is 63.3 cm³/mol. The third kappa shape index (κ3) is 2.68. The van der Waals surface area contributed by atoms with E-state index in [0.29, 0.717) is 12.4 Å². The second-order valence-electron chi connectivity index (χ2n) is 3.97. The fraction of sp³-hybridized carbons (Fsp3) is 0.417. The molecule has 5 heteroatoms. The van der Waals surface area contributed by atoms with Gasteiger partial charge in [0.2, 0.25) is 0 Å².